The van der Waals surface area contributed by atoms with Gasteiger partial charge in [0.1, 0.15) is 4.60 Å². The predicted molar refractivity (Wildman–Crippen MR) is 70.7 cm³/mol. The van der Waals surface area contributed by atoms with Crippen LogP contribution in [0.3, 0.4) is 0 Å². The summed E-state index contributed by atoms with van der Waals surface area (Å²) in [6.45, 7) is 2.22. The van der Waals surface area contributed by atoms with Gasteiger partial charge in [0.15, 0.2) is 0 Å². The molecule has 0 radical (unpaired) electrons. The molecular weight excluding hydrogens is 266 g/mol. The Morgan fingerprint density at radius 3 is 3.19 bits per heavy atom. The Labute approximate surface area is 105 Å². The number of hydrogen-bond acceptors (Lipinski definition) is 3. The molecule has 1 N–H and O–H groups in total. The molecule has 0 aliphatic carbocycles. The number of anilines is 1. The van der Waals surface area contributed by atoms with E-state index in [1.165, 1.54) is 25.8 Å². The van der Waals surface area contributed by atoms with E-state index < -0.39 is 0 Å². The third-order valence-corrected chi connectivity index (χ3v) is 3.84. The molecule has 1 unspecified atom stereocenters. The molecule has 0 spiro atoms. The molecule has 1 aliphatic heterocycles. The number of likely N-dealkylation sites (tertiary alicyclic amines) is 1. The van der Waals surface area contributed by atoms with Gasteiger partial charge in [0, 0.05) is 18.8 Å². The van der Waals surface area contributed by atoms with Crippen molar-refractivity contribution in [2.75, 3.05) is 25.5 Å². The molecule has 0 bridgehead atoms. The summed E-state index contributed by atoms with van der Waals surface area (Å²) in [7, 11) is 2.21. The molecule has 0 aromatic carbocycles. The predicted octanol–water partition coefficient (Wildman–Crippen LogP) is 2.74. The molecule has 2 heterocycles. The van der Waals surface area contributed by atoms with Crippen LogP contribution in [0.25, 0.3) is 0 Å². The Hall–Kier alpha value is -0.610. The second kappa shape index (κ2) is 5.64. The topological polar surface area (TPSA) is 28.2 Å². The van der Waals surface area contributed by atoms with Crippen LogP contribution in [0, 0.1) is 0 Å². The Morgan fingerprint density at radius 1 is 1.56 bits per heavy atom. The molecule has 1 aromatic rings. The van der Waals surface area contributed by atoms with Crippen LogP contribution in [-0.4, -0.2) is 36.1 Å². The van der Waals surface area contributed by atoms with Crippen molar-refractivity contribution in [1.82, 2.24) is 9.88 Å². The summed E-state index contributed by atoms with van der Waals surface area (Å²) in [5, 5.41) is 3.46. The monoisotopic (exact) mass is 283 g/mol. The van der Waals surface area contributed by atoms with Crippen molar-refractivity contribution >= 4 is 21.6 Å². The summed E-state index contributed by atoms with van der Waals surface area (Å²) in [5.74, 6) is 0. The highest BCUT2D eigenvalue weighted by Crippen LogP contribution is 2.20. The highest BCUT2D eigenvalue weighted by Gasteiger charge is 2.18. The molecule has 4 heteroatoms. The minimum Gasteiger partial charge on any atom is -0.381 e. The number of likely N-dealkylation sites (N-methyl/N-ethyl adjacent to an activating group) is 1. The molecule has 1 saturated heterocycles. The maximum absolute atomic E-state index is 4.20. The van der Waals surface area contributed by atoms with Crippen molar-refractivity contribution in [1.29, 1.82) is 0 Å². The van der Waals surface area contributed by atoms with Gasteiger partial charge in [-0.2, -0.15) is 0 Å². The second-order valence-corrected chi connectivity index (χ2v) is 5.10. The molecule has 1 atom stereocenters. The number of nitrogens with zero attached hydrogens (tertiary/aromatic N) is 2. The number of rotatable bonds is 3. The Bertz CT molecular complexity index is 343. The molecule has 88 valence electrons. The lowest BCUT2D eigenvalue weighted by atomic mass is 10.0. The normalized spacial score (nSPS) is 22.0. The average Bonchev–Trinajstić information content (AvgIpc) is 2.30. The van der Waals surface area contributed by atoms with Crippen LogP contribution >= 0.6 is 15.9 Å². The van der Waals surface area contributed by atoms with Gasteiger partial charge in [0.05, 0.1) is 5.69 Å². The second-order valence-electron chi connectivity index (χ2n) is 4.35. The fourth-order valence-electron chi connectivity index (χ4n) is 2.15. The minimum absolute atomic E-state index is 0.654. The van der Waals surface area contributed by atoms with Crippen LogP contribution in [0.4, 0.5) is 5.69 Å². The minimum atomic E-state index is 0.654. The first-order valence-corrected chi connectivity index (χ1v) is 6.61. The van der Waals surface area contributed by atoms with E-state index in [-0.39, 0.29) is 0 Å². The molecule has 1 fully saturated rings. The summed E-state index contributed by atoms with van der Waals surface area (Å²) in [6.07, 6.45) is 5.78. The molecule has 2 rings (SSSR count). The van der Waals surface area contributed by atoms with E-state index in [0.717, 1.165) is 16.8 Å². The van der Waals surface area contributed by atoms with Crippen molar-refractivity contribution in [3.05, 3.63) is 22.9 Å². The molecule has 1 aromatic heterocycles. The summed E-state index contributed by atoms with van der Waals surface area (Å²) in [5.41, 5.74) is 1.08. The van der Waals surface area contributed by atoms with Crippen LogP contribution in [0.5, 0.6) is 0 Å². The molecule has 16 heavy (non-hydrogen) atoms. The lowest BCUT2D eigenvalue weighted by Gasteiger charge is -2.32. The van der Waals surface area contributed by atoms with Crippen LogP contribution in [0.1, 0.15) is 19.3 Å². The highest BCUT2D eigenvalue weighted by molar-refractivity contribution is 9.10. The first-order chi connectivity index (χ1) is 7.77. The average molecular weight is 284 g/mol. The molecule has 3 nitrogen and oxygen atoms in total. The number of halogens is 1. The zero-order valence-corrected chi connectivity index (χ0v) is 11.2. The van der Waals surface area contributed by atoms with Gasteiger partial charge in [-0.1, -0.05) is 6.42 Å². The number of pyridine rings is 1. The fourth-order valence-corrected chi connectivity index (χ4v) is 2.54. The van der Waals surface area contributed by atoms with Gasteiger partial charge in [-0.25, -0.2) is 4.98 Å². The zero-order valence-electron chi connectivity index (χ0n) is 9.62. The number of nitrogens with one attached hydrogen (secondary N) is 1. The maximum Gasteiger partial charge on any atom is 0.129 e. The standard InChI is InChI=1S/C12H18BrN3/c1-16-8-3-2-5-10(16)9-15-11-6-4-7-14-12(11)13/h4,6-7,10,15H,2-3,5,8-9H2,1H3. The van der Waals surface area contributed by atoms with Crippen molar-refractivity contribution in [2.24, 2.45) is 0 Å². The van der Waals surface area contributed by atoms with E-state index in [0.29, 0.717) is 6.04 Å². The lowest BCUT2D eigenvalue weighted by Crippen LogP contribution is -2.40. The van der Waals surface area contributed by atoms with Gasteiger partial charge in [-0.05, 0) is 54.5 Å². The molecular formula is C12H18BrN3. The number of hydrogen-bond donors (Lipinski definition) is 1. The van der Waals surface area contributed by atoms with E-state index in [4.69, 9.17) is 0 Å². The maximum atomic E-state index is 4.20. The largest absolute Gasteiger partial charge is 0.381 e. The highest BCUT2D eigenvalue weighted by atomic mass is 79.9. The molecule has 0 amide bonds. The third-order valence-electron chi connectivity index (χ3n) is 3.21. The number of aromatic nitrogens is 1. The van der Waals surface area contributed by atoms with Crippen LogP contribution in [0.15, 0.2) is 22.9 Å². The van der Waals surface area contributed by atoms with Crippen molar-refractivity contribution in [3.63, 3.8) is 0 Å². The van der Waals surface area contributed by atoms with Crippen LogP contribution in [-0.2, 0) is 0 Å². The Balaban J connectivity index is 1.89. The summed E-state index contributed by atoms with van der Waals surface area (Å²) in [6, 6.07) is 4.67. The number of piperidine rings is 1. The molecule has 0 saturated carbocycles. The van der Waals surface area contributed by atoms with E-state index in [1.54, 1.807) is 6.20 Å². The van der Waals surface area contributed by atoms with Crippen LogP contribution < -0.4 is 5.32 Å². The quantitative estimate of drug-likeness (QED) is 0.865. The van der Waals surface area contributed by atoms with Gasteiger partial charge >= 0.3 is 0 Å². The van der Waals surface area contributed by atoms with Gasteiger partial charge in [-0.3, -0.25) is 0 Å². The SMILES string of the molecule is CN1CCCCC1CNc1cccnc1Br. The van der Waals surface area contributed by atoms with Gasteiger partial charge in [0.2, 0.25) is 0 Å². The van der Waals surface area contributed by atoms with Crippen LogP contribution in [0.2, 0.25) is 0 Å². The first-order valence-electron chi connectivity index (χ1n) is 5.82. The van der Waals surface area contributed by atoms with Crippen molar-refractivity contribution < 1.29 is 0 Å². The molecule has 1 aliphatic rings. The zero-order chi connectivity index (χ0) is 11.4. The third kappa shape index (κ3) is 2.95. The smallest absolute Gasteiger partial charge is 0.129 e. The lowest BCUT2D eigenvalue weighted by molar-refractivity contribution is 0.194. The summed E-state index contributed by atoms with van der Waals surface area (Å²) >= 11 is 3.45. The summed E-state index contributed by atoms with van der Waals surface area (Å²) in [4.78, 5) is 6.65. The van der Waals surface area contributed by atoms with Gasteiger partial charge < -0.3 is 10.2 Å². The first kappa shape index (κ1) is 11.9. The van der Waals surface area contributed by atoms with E-state index in [9.17, 15) is 0 Å². The summed E-state index contributed by atoms with van der Waals surface area (Å²) < 4.78 is 0.897. The van der Waals surface area contributed by atoms with Gasteiger partial charge in [-0.15, -0.1) is 0 Å². The van der Waals surface area contributed by atoms with E-state index in [2.05, 4.69) is 44.2 Å². The van der Waals surface area contributed by atoms with E-state index >= 15 is 0 Å². The van der Waals surface area contributed by atoms with Crippen molar-refractivity contribution in [3.8, 4) is 0 Å². The van der Waals surface area contributed by atoms with E-state index in [1.807, 2.05) is 6.07 Å². The Kier molecular flexibility index (Phi) is 4.18. The van der Waals surface area contributed by atoms with Crippen molar-refractivity contribution in [2.45, 2.75) is 25.3 Å². The Morgan fingerprint density at radius 2 is 2.44 bits per heavy atom. The van der Waals surface area contributed by atoms with Gasteiger partial charge in [0.25, 0.3) is 0 Å². The fraction of sp³-hybridized carbons (Fsp3) is 0.583.